The summed E-state index contributed by atoms with van der Waals surface area (Å²) < 4.78 is 0. The lowest BCUT2D eigenvalue weighted by molar-refractivity contribution is -0.148. The molecule has 1 aliphatic heterocycles. The average Bonchev–Trinajstić information content (AvgIpc) is 2.87. The summed E-state index contributed by atoms with van der Waals surface area (Å²) in [4.78, 5) is 23.3. The van der Waals surface area contributed by atoms with E-state index in [1.165, 1.54) is 0 Å². The van der Waals surface area contributed by atoms with Gasteiger partial charge in [0, 0.05) is 6.54 Å². The van der Waals surface area contributed by atoms with Gasteiger partial charge < -0.3 is 15.7 Å². The molecule has 0 aromatic carbocycles. The zero-order valence-corrected chi connectivity index (χ0v) is 10.7. The van der Waals surface area contributed by atoms with E-state index in [2.05, 4.69) is 10.6 Å². The van der Waals surface area contributed by atoms with Crippen molar-refractivity contribution in [1.29, 1.82) is 0 Å². The number of carbonyl (C=O) groups excluding carboxylic acids is 1. The summed E-state index contributed by atoms with van der Waals surface area (Å²) in [6, 6.07) is -0.133. The third kappa shape index (κ3) is 2.83. The Bertz CT molecular complexity index is 318. The molecule has 2 aliphatic rings. The molecule has 0 radical (unpaired) electrons. The van der Waals surface area contributed by atoms with Crippen LogP contribution in [0.25, 0.3) is 0 Å². The van der Waals surface area contributed by atoms with Gasteiger partial charge in [-0.3, -0.25) is 9.59 Å². The average molecular weight is 254 g/mol. The normalized spacial score (nSPS) is 26.8. The van der Waals surface area contributed by atoms with Gasteiger partial charge in [0.05, 0.1) is 11.5 Å². The molecule has 5 heteroatoms. The van der Waals surface area contributed by atoms with E-state index in [-0.39, 0.29) is 18.5 Å². The summed E-state index contributed by atoms with van der Waals surface area (Å²) in [5.41, 5.74) is -0.718. The molecule has 0 aromatic heterocycles. The highest BCUT2D eigenvalue weighted by molar-refractivity contribution is 5.83. The fraction of sp³-hybridized carbons (Fsp3) is 0.846. The standard InChI is InChI=1S/C13H22N2O3/c16-11(10-5-1-4-8-14-10)15-9-13(12(17)18)6-2-3-7-13/h10,14H,1-9H2,(H,15,16)(H,17,18)/t10-/m1/s1. The quantitative estimate of drug-likeness (QED) is 0.696. The second-order valence-electron chi connectivity index (χ2n) is 5.51. The Labute approximate surface area is 107 Å². The van der Waals surface area contributed by atoms with E-state index in [0.29, 0.717) is 12.8 Å². The minimum atomic E-state index is -0.767. The van der Waals surface area contributed by atoms with E-state index >= 15 is 0 Å². The van der Waals surface area contributed by atoms with Crippen molar-refractivity contribution >= 4 is 11.9 Å². The van der Waals surface area contributed by atoms with E-state index in [0.717, 1.165) is 38.6 Å². The number of hydrogen-bond acceptors (Lipinski definition) is 3. The first-order valence-electron chi connectivity index (χ1n) is 6.89. The van der Waals surface area contributed by atoms with Crippen molar-refractivity contribution in [1.82, 2.24) is 10.6 Å². The summed E-state index contributed by atoms with van der Waals surface area (Å²) in [6.07, 6.45) is 6.29. The first kappa shape index (κ1) is 13.3. The highest BCUT2D eigenvalue weighted by Crippen LogP contribution is 2.37. The molecule has 5 nitrogen and oxygen atoms in total. The molecule has 2 rings (SSSR count). The van der Waals surface area contributed by atoms with E-state index in [1.807, 2.05) is 0 Å². The lowest BCUT2D eigenvalue weighted by atomic mass is 9.86. The zero-order chi connectivity index (χ0) is 13.0. The van der Waals surface area contributed by atoms with E-state index in [4.69, 9.17) is 0 Å². The minimum Gasteiger partial charge on any atom is -0.481 e. The monoisotopic (exact) mass is 254 g/mol. The van der Waals surface area contributed by atoms with Crippen LogP contribution < -0.4 is 10.6 Å². The van der Waals surface area contributed by atoms with Gasteiger partial charge >= 0.3 is 5.97 Å². The van der Waals surface area contributed by atoms with Gasteiger partial charge in [-0.15, -0.1) is 0 Å². The topological polar surface area (TPSA) is 78.4 Å². The second kappa shape index (κ2) is 5.69. The lowest BCUT2D eigenvalue weighted by Gasteiger charge is -2.27. The summed E-state index contributed by atoms with van der Waals surface area (Å²) >= 11 is 0. The van der Waals surface area contributed by atoms with Crippen LogP contribution in [0.4, 0.5) is 0 Å². The first-order chi connectivity index (χ1) is 8.64. The molecule has 1 atom stereocenters. The molecule has 18 heavy (non-hydrogen) atoms. The number of nitrogens with one attached hydrogen (secondary N) is 2. The van der Waals surface area contributed by atoms with Gasteiger partial charge in [0.15, 0.2) is 0 Å². The Morgan fingerprint density at radius 1 is 1.22 bits per heavy atom. The van der Waals surface area contributed by atoms with Crippen LogP contribution in [0.5, 0.6) is 0 Å². The number of amides is 1. The molecule has 102 valence electrons. The predicted molar refractivity (Wildman–Crippen MR) is 67.2 cm³/mol. The van der Waals surface area contributed by atoms with Crippen molar-refractivity contribution in [2.45, 2.75) is 51.0 Å². The molecular formula is C13H22N2O3. The Morgan fingerprint density at radius 3 is 2.50 bits per heavy atom. The number of hydrogen-bond donors (Lipinski definition) is 3. The molecule has 1 heterocycles. The van der Waals surface area contributed by atoms with Gasteiger partial charge in [0.1, 0.15) is 0 Å². The van der Waals surface area contributed by atoms with Gasteiger partial charge in [0.25, 0.3) is 0 Å². The van der Waals surface area contributed by atoms with Crippen LogP contribution in [0.1, 0.15) is 44.9 Å². The Hall–Kier alpha value is -1.10. The molecule has 0 unspecified atom stereocenters. The highest BCUT2D eigenvalue weighted by atomic mass is 16.4. The molecule has 1 aliphatic carbocycles. The molecule has 0 aromatic rings. The highest BCUT2D eigenvalue weighted by Gasteiger charge is 2.41. The number of carbonyl (C=O) groups is 2. The SMILES string of the molecule is O=C(NCC1(C(=O)O)CCCC1)[C@H]1CCCCN1. The third-order valence-electron chi connectivity index (χ3n) is 4.24. The van der Waals surface area contributed by atoms with Crippen molar-refractivity contribution in [3.63, 3.8) is 0 Å². The predicted octanol–water partition coefficient (Wildman–Crippen LogP) is 0.890. The van der Waals surface area contributed by atoms with Crippen LogP contribution in [0, 0.1) is 5.41 Å². The van der Waals surface area contributed by atoms with E-state index in [9.17, 15) is 14.7 Å². The number of piperidine rings is 1. The van der Waals surface area contributed by atoms with Crippen molar-refractivity contribution in [3.05, 3.63) is 0 Å². The molecule has 1 amide bonds. The van der Waals surface area contributed by atoms with Crippen LogP contribution in [-0.2, 0) is 9.59 Å². The van der Waals surface area contributed by atoms with Crippen molar-refractivity contribution in [2.75, 3.05) is 13.1 Å². The number of carboxylic acids is 1. The van der Waals surface area contributed by atoms with Gasteiger partial charge in [-0.05, 0) is 32.2 Å². The molecule has 1 saturated carbocycles. The fourth-order valence-corrected chi connectivity index (χ4v) is 2.97. The first-order valence-corrected chi connectivity index (χ1v) is 6.89. The van der Waals surface area contributed by atoms with E-state index in [1.54, 1.807) is 0 Å². The van der Waals surface area contributed by atoms with Gasteiger partial charge in [-0.25, -0.2) is 0 Å². The number of rotatable bonds is 4. The largest absolute Gasteiger partial charge is 0.481 e. The van der Waals surface area contributed by atoms with Crippen LogP contribution in [0.15, 0.2) is 0 Å². The Kier molecular flexibility index (Phi) is 4.22. The van der Waals surface area contributed by atoms with Crippen LogP contribution in [-0.4, -0.2) is 36.1 Å². The Balaban J connectivity index is 1.85. The molecular weight excluding hydrogens is 232 g/mol. The summed E-state index contributed by atoms with van der Waals surface area (Å²) in [7, 11) is 0. The van der Waals surface area contributed by atoms with E-state index < -0.39 is 11.4 Å². The van der Waals surface area contributed by atoms with Crippen molar-refractivity contribution in [2.24, 2.45) is 5.41 Å². The van der Waals surface area contributed by atoms with Gasteiger partial charge in [-0.1, -0.05) is 19.3 Å². The minimum absolute atomic E-state index is 0.0396. The van der Waals surface area contributed by atoms with Crippen LogP contribution >= 0.6 is 0 Å². The summed E-state index contributed by atoms with van der Waals surface area (Å²) in [6.45, 7) is 1.15. The maximum atomic E-state index is 12.0. The number of carboxylic acid groups (broad SMARTS) is 1. The smallest absolute Gasteiger partial charge is 0.311 e. The van der Waals surface area contributed by atoms with Crippen LogP contribution in [0.3, 0.4) is 0 Å². The molecule has 1 saturated heterocycles. The Morgan fingerprint density at radius 2 is 1.94 bits per heavy atom. The number of aliphatic carboxylic acids is 1. The fourth-order valence-electron chi connectivity index (χ4n) is 2.97. The summed E-state index contributed by atoms with van der Waals surface area (Å²) in [5.74, 6) is -0.806. The van der Waals surface area contributed by atoms with Crippen molar-refractivity contribution in [3.8, 4) is 0 Å². The molecule has 0 spiro atoms. The third-order valence-corrected chi connectivity index (χ3v) is 4.24. The maximum Gasteiger partial charge on any atom is 0.311 e. The summed E-state index contributed by atoms with van der Waals surface area (Å²) in [5, 5.41) is 15.3. The molecule has 3 N–H and O–H groups in total. The maximum absolute atomic E-state index is 12.0. The van der Waals surface area contributed by atoms with Crippen molar-refractivity contribution < 1.29 is 14.7 Å². The molecule has 0 bridgehead atoms. The lowest BCUT2D eigenvalue weighted by Crippen LogP contribution is -2.50. The van der Waals surface area contributed by atoms with Crippen LogP contribution in [0.2, 0.25) is 0 Å². The second-order valence-corrected chi connectivity index (χ2v) is 5.51. The zero-order valence-electron chi connectivity index (χ0n) is 10.7. The van der Waals surface area contributed by atoms with Gasteiger partial charge in [0.2, 0.25) is 5.91 Å². The van der Waals surface area contributed by atoms with Gasteiger partial charge in [-0.2, -0.15) is 0 Å². The molecule has 2 fully saturated rings.